The Morgan fingerprint density at radius 2 is 1.78 bits per heavy atom. The Morgan fingerprint density at radius 3 is 2.48 bits per heavy atom. The first kappa shape index (κ1) is 16.8. The maximum Gasteiger partial charge on any atom is 0.313 e. The molecule has 0 unspecified atom stereocenters. The molecule has 23 heavy (non-hydrogen) atoms. The summed E-state index contributed by atoms with van der Waals surface area (Å²) < 4.78 is 0. The lowest BCUT2D eigenvalue weighted by Gasteiger charge is -2.09. The Labute approximate surface area is 139 Å². The third kappa shape index (κ3) is 5.00. The third-order valence-corrected chi connectivity index (χ3v) is 3.52. The molecule has 0 radical (unpaired) electrons. The molecule has 0 saturated heterocycles. The van der Waals surface area contributed by atoms with Crippen LogP contribution in [-0.2, 0) is 16.0 Å². The van der Waals surface area contributed by atoms with E-state index in [1.54, 1.807) is 42.5 Å². The van der Waals surface area contributed by atoms with Crippen LogP contribution < -0.4 is 10.6 Å². The Hall–Kier alpha value is -2.53. The largest absolute Gasteiger partial charge is 0.508 e. The molecular weight excluding hydrogens is 316 g/mol. The second kappa shape index (κ2) is 7.65. The van der Waals surface area contributed by atoms with Gasteiger partial charge in [-0.1, -0.05) is 29.8 Å². The van der Waals surface area contributed by atoms with Crippen LogP contribution in [0.4, 0.5) is 5.69 Å². The average molecular weight is 333 g/mol. The molecule has 0 spiro atoms. The Morgan fingerprint density at radius 1 is 1.09 bits per heavy atom. The van der Waals surface area contributed by atoms with Crippen molar-refractivity contribution in [2.75, 3.05) is 11.9 Å². The highest BCUT2D eigenvalue weighted by Crippen LogP contribution is 2.19. The first-order valence-electron chi connectivity index (χ1n) is 7.09. The van der Waals surface area contributed by atoms with Crippen molar-refractivity contribution in [3.05, 3.63) is 58.6 Å². The zero-order chi connectivity index (χ0) is 16.8. The molecule has 120 valence electrons. The van der Waals surface area contributed by atoms with Crippen LogP contribution in [0.15, 0.2) is 42.5 Å². The van der Waals surface area contributed by atoms with Crippen molar-refractivity contribution in [3.63, 3.8) is 0 Å². The summed E-state index contributed by atoms with van der Waals surface area (Å²) in [4.78, 5) is 23.7. The summed E-state index contributed by atoms with van der Waals surface area (Å²) in [6, 6.07) is 11.7. The van der Waals surface area contributed by atoms with Gasteiger partial charge in [0.1, 0.15) is 5.75 Å². The van der Waals surface area contributed by atoms with E-state index in [0.29, 0.717) is 23.7 Å². The summed E-state index contributed by atoms with van der Waals surface area (Å²) in [6.45, 7) is 2.14. The number of carbonyl (C=O) groups excluding carboxylic acids is 2. The fraction of sp³-hybridized carbons (Fsp3) is 0.176. The molecule has 0 saturated carbocycles. The normalized spacial score (nSPS) is 10.2. The number of amides is 2. The molecule has 6 heteroatoms. The van der Waals surface area contributed by atoms with Crippen LogP contribution in [0.3, 0.4) is 0 Å². The van der Waals surface area contributed by atoms with Crippen molar-refractivity contribution in [3.8, 4) is 5.75 Å². The molecule has 2 aromatic rings. The highest BCUT2D eigenvalue weighted by molar-refractivity contribution is 6.40. The van der Waals surface area contributed by atoms with Crippen LogP contribution in [0, 0.1) is 6.92 Å². The molecule has 0 bridgehead atoms. The summed E-state index contributed by atoms with van der Waals surface area (Å²) in [5, 5.41) is 14.8. The molecular formula is C17H17ClN2O3. The van der Waals surface area contributed by atoms with E-state index in [1.165, 1.54) is 0 Å². The number of hydrogen-bond donors (Lipinski definition) is 3. The topological polar surface area (TPSA) is 78.4 Å². The van der Waals surface area contributed by atoms with Gasteiger partial charge < -0.3 is 15.7 Å². The molecule has 0 aromatic heterocycles. The van der Waals surface area contributed by atoms with Crippen molar-refractivity contribution < 1.29 is 14.7 Å². The molecule has 3 N–H and O–H groups in total. The van der Waals surface area contributed by atoms with Gasteiger partial charge in [-0.25, -0.2) is 0 Å². The second-order valence-corrected chi connectivity index (χ2v) is 5.52. The molecule has 5 nitrogen and oxygen atoms in total. The quantitative estimate of drug-likeness (QED) is 0.753. The molecule has 2 rings (SSSR count). The number of benzene rings is 2. The van der Waals surface area contributed by atoms with Crippen LogP contribution in [-0.4, -0.2) is 23.5 Å². The third-order valence-electron chi connectivity index (χ3n) is 3.29. The van der Waals surface area contributed by atoms with Crippen molar-refractivity contribution in [1.29, 1.82) is 0 Å². The number of aryl methyl sites for hydroxylation is 1. The lowest BCUT2D eigenvalue weighted by atomic mass is 10.1. The highest BCUT2D eigenvalue weighted by Gasteiger charge is 2.14. The van der Waals surface area contributed by atoms with E-state index in [0.717, 1.165) is 11.1 Å². The van der Waals surface area contributed by atoms with Crippen LogP contribution >= 0.6 is 11.6 Å². The van der Waals surface area contributed by atoms with Gasteiger partial charge in [0.05, 0.1) is 0 Å². The smallest absolute Gasteiger partial charge is 0.313 e. The van der Waals surface area contributed by atoms with E-state index in [9.17, 15) is 14.7 Å². The van der Waals surface area contributed by atoms with Gasteiger partial charge in [-0.3, -0.25) is 9.59 Å². The minimum Gasteiger partial charge on any atom is -0.508 e. The van der Waals surface area contributed by atoms with E-state index in [1.807, 2.05) is 6.92 Å². The van der Waals surface area contributed by atoms with Gasteiger partial charge in [0.25, 0.3) is 0 Å². The van der Waals surface area contributed by atoms with Gasteiger partial charge in [-0.2, -0.15) is 0 Å². The zero-order valence-corrected chi connectivity index (χ0v) is 13.4. The molecule has 0 heterocycles. The predicted molar refractivity (Wildman–Crippen MR) is 89.6 cm³/mol. The zero-order valence-electron chi connectivity index (χ0n) is 12.6. The van der Waals surface area contributed by atoms with E-state index >= 15 is 0 Å². The van der Waals surface area contributed by atoms with Gasteiger partial charge in [0, 0.05) is 17.3 Å². The number of nitrogens with one attached hydrogen (secondary N) is 2. The number of phenols is 1. The molecule has 0 fully saturated rings. The number of rotatable bonds is 4. The van der Waals surface area contributed by atoms with Crippen LogP contribution in [0.5, 0.6) is 5.75 Å². The first-order chi connectivity index (χ1) is 11.0. The minimum atomic E-state index is -0.735. The predicted octanol–water partition coefficient (Wildman–Crippen LogP) is 2.65. The maximum absolute atomic E-state index is 11.9. The van der Waals surface area contributed by atoms with Crippen LogP contribution in [0.25, 0.3) is 0 Å². The number of anilines is 1. The monoisotopic (exact) mass is 332 g/mol. The lowest BCUT2D eigenvalue weighted by molar-refractivity contribution is -0.136. The summed E-state index contributed by atoms with van der Waals surface area (Å²) >= 11 is 5.87. The van der Waals surface area contributed by atoms with Gasteiger partial charge >= 0.3 is 11.8 Å². The highest BCUT2D eigenvalue weighted by atomic mass is 35.5. The SMILES string of the molecule is Cc1ccc(Cl)cc1NC(=O)C(=O)NCCc1ccc(O)cc1. The fourth-order valence-corrected chi connectivity index (χ4v) is 2.14. The Balaban J connectivity index is 1.84. The van der Waals surface area contributed by atoms with Crippen molar-refractivity contribution in [1.82, 2.24) is 5.32 Å². The second-order valence-electron chi connectivity index (χ2n) is 5.09. The van der Waals surface area contributed by atoms with E-state index in [-0.39, 0.29) is 5.75 Å². The standard InChI is InChI=1S/C17H17ClN2O3/c1-11-2-5-13(18)10-15(11)20-17(23)16(22)19-9-8-12-3-6-14(21)7-4-12/h2-7,10,21H,8-9H2,1H3,(H,19,22)(H,20,23). The Bertz CT molecular complexity index is 714. The summed E-state index contributed by atoms with van der Waals surface area (Å²) in [5.74, 6) is -1.25. The van der Waals surface area contributed by atoms with Gasteiger partial charge in [0.15, 0.2) is 0 Å². The molecule has 0 aliphatic heterocycles. The fourth-order valence-electron chi connectivity index (χ4n) is 1.97. The van der Waals surface area contributed by atoms with Crippen molar-refractivity contribution >= 4 is 29.1 Å². The molecule has 0 atom stereocenters. The number of carbonyl (C=O) groups is 2. The molecule has 0 aliphatic carbocycles. The number of hydrogen-bond acceptors (Lipinski definition) is 3. The first-order valence-corrected chi connectivity index (χ1v) is 7.47. The van der Waals surface area contributed by atoms with Crippen molar-refractivity contribution in [2.24, 2.45) is 0 Å². The lowest BCUT2D eigenvalue weighted by Crippen LogP contribution is -2.36. The average Bonchev–Trinajstić information content (AvgIpc) is 2.52. The van der Waals surface area contributed by atoms with Crippen molar-refractivity contribution in [2.45, 2.75) is 13.3 Å². The minimum absolute atomic E-state index is 0.189. The van der Waals surface area contributed by atoms with Gasteiger partial charge in [0.2, 0.25) is 0 Å². The van der Waals surface area contributed by atoms with Crippen LogP contribution in [0.2, 0.25) is 5.02 Å². The van der Waals surface area contributed by atoms with E-state index in [4.69, 9.17) is 11.6 Å². The number of phenolic OH excluding ortho intramolecular Hbond substituents is 1. The number of halogens is 1. The molecule has 2 aromatic carbocycles. The van der Waals surface area contributed by atoms with E-state index < -0.39 is 11.8 Å². The number of aromatic hydroxyl groups is 1. The summed E-state index contributed by atoms with van der Waals surface area (Å²) in [6.07, 6.45) is 0.565. The maximum atomic E-state index is 11.9. The summed E-state index contributed by atoms with van der Waals surface area (Å²) in [5.41, 5.74) is 2.28. The Kier molecular flexibility index (Phi) is 5.60. The summed E-state index contributed by atoms with van der Waals surface area (Å²) in [7, 11) is 0. The van der Waals surface area contributed by atoms with Gasteiger partial charge in [-0.05, 0) is 48.7 Å². The van der Waals surface area contributed by atoms with Gasteiger partial charge in [-0.15, -0.1) is 0 Å². The molecule has 2 amide bonds. The van der Waals surface area contributed by atoms with E-state index in [2.05, 4.69) is 10.6 Å². The molecule has 0 aliphatic rings. The van der Waals surface area contributed by atoms with Crippen LogP contribution in [0.1, 0.15) is 11.1 Å².